The van der Waals surface area contributed by atoms with E-state index < -0.39 is 6.10 Å². The molecule has 2 aliphatic rings. The number of hydrogen-bond acceptors (Lipinski definition) is 5. The first kappa shape index (κ1) is 10.3. The Hall–Kier alpha value is -0.910. The van der Waals surface area contributed by atoms with Crippen molar-refractivity contribution in [1.82, 2.24) is 10.2 Å². The number of fused-ring (bicyclic) bond motifs is 3. The van der Waals surface area contributed by atoms with Crippen LogP contribution in [0.4, 0.5) is 5.69 Å². The topological polar surface area (TPSA) is 58.5 Å². The number of aliphatic hydroxyl groups is 1. The number of morpholine rings is 1. The summed E-state index contributed by atoms with van der Waals surface area (Å²) in [6.07, 6.45) is 0.0752. The molecule has 0 amide bonds. The zero-order chi connectivity index (χ0) is 11.1. The van der Waals surface area contributed by atoms with Crippen LogP contribution in [0.2, 0.25) is 5.15 Å². The molecule has 0 aromatic carbocycles. The smallest absolute Gasteiger partial charge is 0.153 e. The standard InChI is InChI=1S/C10H12ClN3O2/c11-9-4-7-10(13-12-9)8(15)3-6-5-16-2-1-14(6)7/h4,6,8,15H,1-3,5H2/t6-,8-/m1/s1. The van der Waals surface area contributed by atoms with Gasteiger partial charge < -0.3 is 14.7 Å². The first-order chi connectivity index (χ1) is 7.75. The van der Waals surface area contributed by atoms with Crippen molar-refractivity contribution in [2.24, 2.45) is 0 Å². The van der Waals surface area contributed by atoms with Gasteiger partial charge in [0.2, 0.25) is 0 Å². The molecule has 1 saturated heterocycles. The van der Waals surface area contributed by atoms with Gasteiger partial charge in [0.25, 0.3) is 0 Å². The van der Waals surface area contributed by atoms with Gasteiger partial charge in [0.1, 0.15) is 11.8 Å². The van der Waals surface area contributed by atoms with Crippen LogP contribution in [0.5, 0.6) is 0 Å². The van der Waals surface area contributed by atoms with Crippen molar-refractivity contribution in [2.45, 2.75) is 18.6 Å². The predicted molar refractivity (Wildman–Crippen MR) is 58.6 cm³/mol. The fourth-order valence-electron chi connectivity index (χ4n) is 2.37. The monoisotopic (exact) mass is 241 g/mol. The van der Waals surface area contributed by atoms with Crippen LogP contribution in [0, 0.1) is 0 Å². The molecular weight excluding hydrogens is 230 g/mol. The molecule has 0 spiro atoms. The summed E-state index contributed by atoms with van der Waals surface area (Å²) in [6, 6.07) is 1.99. The van der Waals surface area contributed by atoms with E-state index in [2.05, 4.69) is 15.1 Å². The van der Waals surface area contributed by atoms with Gasteiger partial charge in [-0.25, -0.2) is 0 Å². The molecule has 86 valence electrons. The van der Waals surface area contributed by atoms with Crippen molar-refractivity contribution in [1.29, 1.82) is 0 Å². The van der Waals surface area contributed by atoms with Crippen LogP contribution in [0.3, 0.4) is 0 Å². The van der Waals surface area contributed by atoms with Crippen LogP contribution in [0.1, 0.15) is 18.2 Å². The van der Waals surface area contributed by atoms with Gasteiger partial charge in [0.15, 0.2) is 5.15 Å². The molecule has 1 aromatic rings. The van der Waals surface area contributed by atoms with Crippen molar-refractivity contribution in [3.05, 3.63) is 16.9 Å². The van der Waals surface area contributed by atoms with Gasteiger partial charge in [0.05, 0.1) is 24.9 Å². The molecule has 0 aliphatic carbocycles. The molecule has 3 heterocycles. The van der Waals surface area contributed by atoms with Crippen molar-refractivity contribution in [3.8, 4) is 0 Å². The number of nitrogens with zero attached hydrogens (tertiary/aromatic N) is 3. The largest absolute Gasteiger partial charge is 0.387 e. The molecule has 5 nitrogen and oxygen atoms in total. The number of aliphatic hydroxyl groups excluding tert-OH is 1. The van der Waals surface area contributed by atoms with E-state index in [1.54, 1.807) is 6.07 Å². The van der Waals surface area contributed by atoms with Gasteiger partial charge in [-0.2, -0.15) is 0 Å². The van der Waals surface area contributed by atoms with E-state index in [0.717, 1.165) is 12.2 Å². The summed E-state index contributed by atoms with van der Waals surface area (Å²) in [4.78, 5) is 2.20. The number of rotatable bonds is 0. The molecule has 0 saturated carbocycles. The second-order valence-electron chi connectivity index (χ2n) is 4.11. The fourth-order valence-corrected chi connectivity index (χ4v) is 2.51. The zero-order valence-electron chi connectivity index (χ0n) is 8.64. The summed E-state index contributed by atoms with van der Waals surface area (Å²) in [5.41, 5.74) is 1.52. The maximum Gasteiger partial charge on any atom is 0.153 e. The Bertz CT molecular complexity index is 415. The highest BCUT2D eigenvalue weighted by Gasteiger charge is 2.35. The first-order valence-corrected chi connectivity index (χ1v) is 5.69. The molecule has 3 rings (SSSR count). The van der Waals surface area contributed by atoms with E-state index in [1.807, 2.05) is 0 Å². The summed E-state index contributed by atoms with van der Waals surface area (Å²) in [6.45, 7) is 2.16. The molecule has 1 aromatic heterocycles. The SMILES string of the molecule is O[C@@H]1C[C@@H]2COCCN2c2cc(Cl)nnc21. The van der Waals surface area contributed by atoms with Gasteiger partial charge in [-0.3, -0.25) is 0 Å². The third kappa shape index (κ3) is 1.55. The average molecular weight is 242 g/mol. The van der Waals surface area contributed by atoms with E-state index in [-0.39, 0.29) is 6.04 Å². The van der Waals surface area contributed by atoms with Crippen LogP contribution in [0.25, 0.3) is 0 Å². The van der Waals surface area contributed by atoms with Crippen molar-refractivity contribution < 1.29 is 9.84 Å². The fraction of sp³-hybridized carbons (Fsp3) is 0.600. The molecule has 16 heavy (non-hydrogen) atoms. The molecule has 1 fully saturated rings. The van der Waals surface area contributed by atoms with Crippen LogP contribution < -0.4 is 4.90 Å². The van der Waals surface area contributed by atoms with Crippen LogP contribution >= 0.6 is 11.6 Å². The minimum Gasteiger partial charge on any atom is -0.387 e. The Morgan fingerprint density at radius 3 is 3.25 bits per heavy atom. The van der Waals surface area contributed by atoms with Gasteiger partial charge in [-0.1, -0.05) is 11.6 Å². The number of anilines is 1. The van der Waals surface area contributed by atoms with Gasteiger partial charge in [-0.05, 0) is 0 Å². The first-order valence-electron chi connectivity index (χ1n) is 5.31. The van der Waals surface area contributed by atoms with E-state index in [4.69, 9.17) is 16.3 Å². The lowest BCUT2D eigenvalue weighted by Gasteiger charge is -2.42. The summed E-state index contributed by atoms with van der Waals surface area (Å²) < 4.78 is 5.41. The molecule has 0 unspecified atom stereocenters. The maximum absolute atomic E-state index is 9.96. The minimum absolute atomic E-state index is 0.219. The molecule has 0 bridgehead atoms. The number of ether oxygens (including phenoxy) is 1. The van der Waals surface area contributed by atoms with E-state index in [1.165, 1.54) is 0 Å². The normalized spacial score (nSPS) is 28.5. The molecule has 2 atom stereocenters. The molecule has 1 N–H and O–H groups in total. The van der Waals surface area contributed by atoms with Gasteiger partial charge in [0, 0.05) is 19.0 Å². The summed E-state index contributed by atoms with van der Waals surface area (Å²) in [5.74, 6) is 0. The Kier molecular flexibility index (Phi) is 2.46. The van der Waals surface area contributed by atoms with Crippen LogP contribution in [-0.4, -0.2) is 41.1 Å². The molecule has 2 aliphatic heterocycles. The third-order valence-corrected chi connectivity index (χ3v) is 3.30. The van der Waals surface area contributed by atoms with Gasteiger partial charge >= 0.3 is 0 Å². The van der Waals surface area contributed by atoms with Crippen molar-refractivity contribution >= 4 is 17.3 Å². The highest BCUT2D eigenvalue weighted by Crippen LogP contribution is 2.37. The lowest BCUT2D eigenvalue weighted by Crippen LogP contribution is -2.49. The van der Waals surface area contributed by atoms with E-state index in [9.17, 15) is 5.11 Å². The third-order valence-electron chi connectivity index (χ3n) is 3.12. The number of halogens is 1. The predicted octanol–water partition coefficient (Wildman–Crippen LogP) is 0.772. The Morgan fingerprint density at radius 2 is 2.38 bits per heavy atom. The molecular formula is C10H12ClN3O2. The minimum atomic E-state index is -0.567. The average Bonchev–Trinajstić information content (AvgIpc) is 2.29. The summed E-state index contributed by atoms with van der Waals surface area (Å²) >= 11 is 5.84. The second-order valence-corrected chi connectivity index (χ2v) is 4.50. The highest BCUT2D eigenvalue weighted by atomic mass is 35.5. The summed E-state index contributed by atoms with van der Waals surface area (Å²) in [5, 5.41) is 18.1. The lowest BCUT2D eigenvalue weighted by molar-refractivity contribution is 0.0593. The highest BCUT2D eigenvalue weighted by molar-refractivity contribution is 6.29. The summed E-state index contributed by atoms with van der Waals surface area (Å²) in [7, 11) is 0. The number of hydrogen-bond donors (Lipinski definition) is 1. The second kappa shape index (κ2) is 3.84. The lowest BCUT2D eigenvalue weighted by atomic mass is 9.97. The van der Waals surface area contributed by atoms with Crippen molar-refractivity contribution in [3.63, 3.8) is 0 Å². The maximum atomic E-state index is 9.96. The van der Waals surface area contributed by atoms with Crippen molar-refractivity contribution in [2.75, 3.05) is 24.7 Å². The van der Waals surface area contributed by atoms with Crippen LogP contribution in [-0.2, 0) is 4.74 Å². The Morgan fingerprint density at radius 1 is 1.50 bits per heavy atom. The number of aromatic nitrogens is 2. The Balaban J connectivity index is 2.05. The quantitative estimate of drug-likeness (QED) is 0.727. The van der Waals surface area contributed by atoms with E-state index in [0.29, 0.717) is 30.5 Å². The van der Waals surface area contributed by atoms with Crippen LogP contribution in [0.15, 0.2) is 6.07 Å². The Labute approximate surface area is 98.0 Å². The van der Waals surface area contributed by atoms with E-state index >= 15 is 0 Å². The molecule has 6 heteroatoms. The van der Waals surface area contributed by atoms with Gasteiger partial charge in [-0.15, -0.1) is 10.2 Å². The molecule has 0 radical (unpaired) electrons. The zero-order valence-corrected chi connectivity index (χ0v) is 9.39.